The number of ether oxygens (including phenoxy) is 8. The Kier molecular flexibility index (Phi) is 12.3. The van der Waals surface area contributed by atoms with Gasteiger partial charge in [0.2, 0.25) is 5.79 Å². The van der Waals surface area contributed by atoms with Crippen LogP contribution in [0.15, 0.2) is 12.2 Å². The summed E-state index contributed by atoms with van der Waals surface area (Å²) in [5.74, 6) is -14.8. The third kappa shape index (κ3) is 7.95. The van der Waals surface area contributed by atoms with E-state index < -0.39 is 136 Å². The second-order valence-electron chi connectivity index (χ2n) is 15.0. The van der Waals surface area contributed by atoms with E-state index in [2.05, 4.69) is 6.58 Å². The molecule has 0 aromatic carbocycles. The molecule has 17 heteroatoms. The quantitative estimate of drug-likeness (QED) is 0.212. The van der Waals surface area contributed by atoms with Crippen LogP contribution in [-0.4, -0.2) is 106 Å². The Morgan fingerprint density at radius 3 is 1.68 bits per heavy atom. The maximum absolute atomic E-state index is 14.4. The summed E-state index contributed by atoms with van der Waals surface area (Å²) in [7, 11) is 0. The van der Waals surface area contributed by atoms with Crippen molar-refractivity contribution in [3.05, 3.63) is 12.2 Å². The van der Waals surface area contributed by atoms with E-state index in [9.17, 15) is 43.5 Å². The smallest absolute Gasteiger partial charge is 0.309 e. The van der Waals surface area contributed by atoms with Crippen molar-refractivity contribution in [3.63, 3.8) is 0 Å². The minimum absolute atomic E-state index is 0.403. The summed E-state index contributed by atoms with van der Waals surface area (Å²) < 4.78 is 47.2. The maximum atomic E-state index is 14.4. The Morgan fingerprint density at radius 2 is 1.23 bits per heavy atom. The van der Waals surface area contributed by atoms with E-state index in [0.717, 1.165) is 41.5 Å². The van der Waals surface area contributed by atoms with Crippen LogP contribution in [0.2, 0.25) is 0 Å². The number of aliphatic hydroxyl groups is 1. The van der Waals surface area contributed by atoms with Gasteiger partial charge in [0.1, 0.15) is 12.2 Å². The summed E-state index contributed by atoms with van der Waals surface area (Å²) >= 11 is 0. The molecule has 2 aliphatic heterocycles. The number of carbonyl (C=O) groups is 8. The van der Waals surface area contributed by atoms with E-state index in [0.29, 0.717) is 0 Å². The molecule has 2 heterocycles. The second kappa shape index (κ2) is 15.2. The van der Waals surface area contributed by atoms with Crippen LogP contribution in [0.3, 0.4) is 0 Å². The highest BCUT2D eigenvalue weighted by Crippen LogP contribution is 2.61. The lowest BCUT2D eigenvalue weighted by Crippen LogP contribution is -2.66. The van der Waals surface area contributed by atoms with Crippen molar-refractivity contribution in [1.82, 2.24) is 0 Å². The molecule has 2 bridgehead atoms. The molecule has 1 saturated carbocycles. The molecule has 1 N–H and O–H groups in total. The van der Waals surface area contributed by atoms with Gasteiger partial charge < -0.3 is 43.0 Å². The van der Waals surface area contributed by atoms with Crippen molar-refractivity contribution < 1.29 is 81.4 Å². The number of carbonyl (C=O) groups excluding carboxylic acids is 8. The van der Waals surface area contributed by atoms with Crippen LogP contribution in [0.25, 0.3) is 0 Å². The Hall–Kier alpha value is -4.38. The third-order valence-electron chi connectivity index (χ3n) is 9.92. The van der Waals surface area contributed by atoms with Crippen molar-refractivity contribution in [1.29, 1.82) is 0 Å². The van der Waals surface area contributed by atoms with Gasteiger partial charge in [0.05, 0.1) is 17.8 Å². The zero-order chi connectivity index (χ0) is 40.8. The monoisotopic (exact) mass is 754 g/mol. The predicted molar refractivity (Wildman–Crippen MR) is 177 cm³/mol. The van der Waals surface area contributed by atoms with E-state index in [-0.39, 0.29) is 0 Å². The van der Waals surface area contributed by atoms with E-state index >= 15 is 0 Å². The first-order valence-corrected chi connectivity index (χ1v) is 17.1. The zero-order valence-corrected chi connectivity index (χ0v) is 32.1. The van der Waals surface area contributed by atoms with Crippen LogP contribution in [-0.2, 0) is 76.3 Å². The molecule has 3 fully saturated rings. The Balaban J connectivity index is 2.69. The molecule has 17 nitrogen and oxygen atoms in total. The fraction of sp³-hybridized carbons (Fsp3) is 0.722. The molecule has 0 radical (unpaired) electrons. The fourth-order valence-electron chi connectivity index (χ4n) is 7.89. The molecule has 5 unspecified atom stereocenters. The number of hydrogen-bond donors (Lipinski definition) is 1. The van der Waals surface area contributed by atoms with Gasteiger partial charge in [-0.1, -0.05) is 41.2 Å². The fourth-order valence-corrected chi connectivity index (χ4v) is 7.89. The molecule has 0 amide bonds. The average molecular weight is 755 g/mol. The van der Waals surface area contributed by atoms with Crippen molar-refractivity contribution in [2.24, 2.45) is 23.2 Å². The summed E-state index contributed by atoms with van der Waals surface area (Å²) in [5.41, 5.74) is -6.82. The molecule has 0 spiro atoms. The molecule has 3 rings (SSSR count). The van der Waals surface area contributed by atoms with Crippen molar-refractivity contribution in [2.45, 2.75) is 143 Å². The number of Topliss-reactive ketones (excluding diaryl/α,β-unsaturated/α-hetero) is 1. The number of rotatable bonds is 8. The molecule has 2 saturated heterocycles. The topological polar surface area (TPSA) is 231 Å². The standard InChI is InChI=1S/C36H50O17/c1-15(2)32(44)50-27-16(3)26(46-18(5)37)24-29(48-20(7)39)34(13,51-22(9)41)14-35(24,52-23(10)42)36(45)17(4)25(43)30(53-36)33(11,12)31(49-21(8)40)28(27)47-19(6)38/h15,17,24,26-31,45H,3,14H2,1-2,4-13H3/t17?,24-,26-,27?,28?,29+,30?,31?,34+,35+,36+/m0/s1. The highest BCUT2D eigenvalue weighted by atomic mass is 16.7. The van der Waals surface area contributed by atoms with Crippen LogP contribution >= 0.6 is 0 Å². The first kappa shape index (κ1) is 43.0. The van der Waals surface area contributed by atoms with Gasteiger partial charge in [-0.15, -0.1) is 0 Å². The van der Waals surface area contributed by atoms with E-state index in [1.165, 1.54) is 41.5 Å². The summed E-state index contributed by atoms with van der Waals surface area (Å²) in [5, 5.41) is 12.9. The second-order valence-corrected chi connectivity index (χ2v) is 15.0. The number of esters is 7. The van der Waals surface area contributed by atoms with E-state index in [1.807, 2.05) is 0 Å². The first-order valence-electron chi connectivity index (χ1n) is 17.1. The van der Waals surface area contributed by atoms with Crippen molar-refractivity contribution in [2.75, 3.05) is 0 Å². The lowest BCUT2D eigenvalue weighted by molar-refractivity contribution is -0.334. The molecule has 0 aromatic heterocycles. The van der Waals surface area contributed by atoms with Gasteiger partial charge in [-0.25, -0.2) is 0 Å². The Labute approximate surface area is 307 Å². The highest BCUT2D eigenvalue weighted by molar-refractivity contribution is 5.89. The van der Waals surface area contributed by atoms with Gasteiger partial charge in [0, 0.05) is 59.0 Å². The minimum Gasteiger partial charge on any atom is -0.458 e. The van der Waals surface area contributed by atoms with Gasteiger partial charge in [-0.2, -0.15) is 0 Å². The lowest BCUT2D eigenvalue weighted by Gasteiger charge is -2.48. The van der Waals surface area contributed by atoms with Gasteiger partial charge in [-0.05, 0) is 6.92 Å². The van der Waals surface area contributed by atoms with Crippen LogP contribution in [0, 0.1) is 23.2 Å². The molecule has 53 heavy (non-hydrogen) atoms. The summed E-state index contributed by atoms with van der Waals surface area (Å²) in [4.78, 5) is 105. The predicted octanol–water partition coefficient (Wildman–Crippen LogP) is 1.81. The zero-order valence-electron chi connectivity index (χ0n) is 32.1. The number of hydrogen-bond acceptors (Lipinski definition) is 17. The van der Waals surface area contributed by atoms with E-state index in [1.54, 1.807) is 0 Å². The van der Waals surface area contributed by atoms with Crippen molar-refractivity contribution >= 4 is 47.6 Å². The normalized spacial score (nSPS) is 36.3. The molecule has 296 valence electrons. The SMILES string of the molecule is C=C1C(OC(=O)C(C)C)C(OC(C)=O)C(OC(C)=O)C(C)(C)C2O[C@](O)(C(C)C2=O)[C@@]2(OC(C)=O)C[C@@](C)(OC(C)=O)[C@H](OC(C)=O)[C@@H]2[C@H]1OC(C)=O. The maximum Gasteiger partial charge on any atom is 0.309 e. The minimum atomic E-state index is -2.91. The summed E-state index contributed by atoms with van der Waals surface area (Å²) in [6.45, 7) is 18.5. The molecule has 11 atom stereocenters. The average Bonchev–Trinajstić information content (AvgIpc) is 3.37. The van der Waals surface area contributed by atoms with Gasteiger partial charge in [-0.3, -0.25) is 38.4 Å². The van der Waals surface area contributed by atoms with Gasteiger partial charge in [0.25, 0.3) is 0 Å². The summed E-state index contributed by atoms with van der Waals surface area (Å²) in [6.07, 6.45) is -11.7. The Bertz CT molecular complexity index is 1560. The van der Waals surface area contributed by atoms with Crippen LogP contribution in [0.4, 0.5) is 0 Å². The van der Waals surface area contributed by atoms with E-state index in [4.69, 9.17) is 37.9 Å². The molecular weight excluding hydrogens is 704 g/mol. The highest BCUT2D eigenvalue weighted by Gasteiger charge is 2.80. The third-order valence-corrected chi connectivity index (χ3v) is 9.92. The molecular formula is C36H50O17. The molecule has 1 aliphatic carbocycles. The van der Waals surface area contributed by atoms with Crippen LogP contribution in [0.5, 0.6) is 0 Å². The van der Waals surface area contributed by atoms with Crippen LogP contribution in [0.1, 0.15) is 89.5 Å². The summed E-state index contributed by atoms with van der Waals surface area (Å²) in [6, 6.07) is 0. The van der Waals surface area contributed by atoms with Crippen LogP contribution < -0.4 is 0 Å². The number of fused-ring (bicyclic) bond motifs is 4. The molecule has 0 aromatic rings. The Morgan fingerprint density at radius 1 is 0.736 bits per heavy atom. The first-order chi connectivity index (χ1) is 24.2. The van der Waals surface area contributed by atoms with Crippen molar-refractivity contribution in [3.8, 4) is 0 Å². The lowest BCUT2D eigenvalue weighted by atomic mass is 9.68. The largest absolute Gasteiger partial charge is 0.458 e. The van der Waals surface area contributed by atoms with Gasteiger partial charge in [0.15, 0.2) is 41.4 Å². The van der Waals surface area contributed by atoms with Gasteiger partial charge >= 0.3 is 41.8 Å². The number of ketones is 1. The molecule has 3 aliphatic rings.